The Labute approximate surface area is 130 Å². The van der Waals surface area contributed by atoms with E-state index in [-0.39, 0.29) is 11.7 Å². The van der Waals surface area contributed by atoms with Gasteiger partial charge in [-0.25, -0.2) is 0 Å². The second-order valence-electron chi connectivity index (χ2n) is 4.29. The molecule has 0 fully saturated rings. The fourth-order valence-corrected chi connectivity index (χ4v) is 2.12. The van der Waals surface area contributed by atoms with Crippen molar-refractivity contribution in [2.24, 2.45) is 10.9 Å². The summed E-state index contributed by atoms with van der Waals surface area (Å²) in [5, 5.41) is 11.5. The van der Waals surface area contributed by atoms with Gasteiger partial charge in [0.05, 0.1) is 5.56 Å². The maximum Gasteiger partial charge on any atom is 0.259 e. The Morgan fingerprint density at radius 3 is 2.52 bits per heavy atom. The first-order valence-corrected chi connectivity index (χ1v) is 6.79. The van der Waals surface area contributed by atoms with Gasteiger partial charge in [-0.15, -0.1) is 0 Å². The minimum absolute atomic E-state index is 0.0201. The summed E-state index contributed by atoms with van der Waals surface area (Å²) in [6.45, 7) is 0. The van der Waals surface area contributed by atoms with Crippen molar-refractivity contribution < 1.29 is 10.0 Å². The average Bonchev–Trinajstić information content (AvgIpc) is 2.53. The van der Waals surface area contributed by atoms with Crippen LogP contribution in [0.2, 0.25) is 0 Å². The van der Waals surface area contributed by atoms with Crippen LogP contribution >= 0.6 is 15.9 Å². The summed E-state index contributed by atoms with van der Waals surface area (Å²) in [5.74, 6) is -0.160. The summed E-state index contributed by atoms with van der Waals surface area (Å²) in [7, 11) is 1.67. The molecule has 2 aromatic rings. The van der Waals surface area contributed by atoms with Crippen LogP contribution in [0.1, 0.15) is 15.9 Å². The SMILES string of the molecule is CN(C(=O)c1cncc(Br)c1)c1ccc(C(N)=NO)cc1. The number of carbonyl (C=O) groups is 1. The zero-order valence-corrected chi connectivity index (χ0v) is 12.8. The summed E-state index contributed by atoms with van der Waals surface area (Å²) in [6.07, 6.45) is 3.12. The number of anilines is 1. The Kier molecular flexibility index (Phi) is 4.54. The van der Waals surface area contributed by atoms with Crippen molar-refractivity contribution in [1.82, 2.24) is 4.98 Å². The van der Waals surface area contributed by atoms with E-state index in [0.717, 1.165) is 4.47 Å². The Morgan fingerprint density at radius 1 is 1.29 bits per heavy atom. The highest BCUT2D eigenvalue weighted by molar-refractivity contribution is 9.10. The number of hydrogen-bond donors (Lipinski definition) is 2. The predicted octanol–water partition coefficient (Wildman–Crippen LogP) is 2.22. The lowest BCUT2D eigenvalue weighted by atomic mass is 10.1. The molecule has 0 spiro atoms. The molecular weight excluding hydrogens is 336 g/mol. The van der Waals surface area contributed by atoms with Crippen LogP contribution in [0.25, 0.3) is 0 Å². The van der Waals surface area contributed by atoms with E-state index >= 15 is 0 Å². The molecule has 0 aliphatic heterocycles. The standard InChI is InChI=1S/C14H13BrN4O2/c1-19(14(20)10-6-11(15)8-17-7-10)12-4-2-9(3-5-12)13(16)18-21/h2-8,21H,1H3,(H2,16,18). The maximum atomic E-state index is 12.3. The van der Waals surface area contributed by atoms with Crippen molar-refractivity contribution in [2.75, 3.05) is 11.9 Å². The molecule has 0 saturated heterocycles. The van der Waals surface area contributed by atoms with E-state index in [2.05, 4.69) is 26.1 Å². The van der Waals surface area contributed by atoms with Gasteiger partial charge in [-0.05, 0) is 46.3 Å². The van der Waals surface area contributed by atoms with Gasteiger partial charge in [0.15, 0.2) is 5.84 Å². The van der Waals surface area contributed by atoms with Gasteiger partial charge in [-0.3, -0.25) is 9.78 Å². The number of pyridine rings is 1. The minimum Gasteiger partial charge on any atom is -0.409 e. The molecule has 0 saturated carbocycles. The van der Waals surface area contributed by atoms with Crippen molar-refractivity contribution in [3.63, 3.8) is 0 Å². The van der Waals surface area contributed by atoms with E-state index in [4.69, 9.17) is 10.9 Å². The number of benzene rings is 1. The zero-order chi connectivity index (χ0) is 15.4. The number of nitrogens with zero attached hydrogens (tertiary/aromatic N) is 3. The van der Waals surface area contributed by atoms with Gasteiger partial charge in [0, 0.05) is 35.2 Å². The molecule has 1 aromatic heterocycles. The normalized spacial score (nSPS) is 11.2. The Balaban J connectivity index is 2.23. The van der Waals surface area contributed by atoms with Crippen LogP contribution in [0.5, 0.6) is 0 Å². The molecule has 0 unspecified atom stereocenters. The van der Waals surface area contributed by atoms with Gasteiger partial charge in [-0.1, -0.05) is 5.16 Å². The van der Waals surface area contributed by atoms with Crippen molar-refractivity contribution >= 4 is 33.4 Å². The van der Waals surface area contributed by atoms with Crippen molar-refractivity contribution in [2.45, 2.75) is 0 Å². The predicted molar refractivity (Wildman–Crippen MR) is 83.6 cm³/mol. The molecule has 0 bridgehead atoms. The van der Waals surface area contributed by atoms with E-state index in [0.29, 0.717) is 16.8 Å². The number of oxime groups is 1. The Morgan fingerprint density at radius 2 is 1.95 bits per heavy atom. The van der Waals surface area contributed by atoms with E-state index in [1.807, 2.05) is 0 Å². The van der Waals surface area contributed by atoms with Gasteiger partial charge >= 0.3 is 0 Å². The molecule has 1 amide bonds. The van der Waals surface area contributed by atoms with Crippen molar-refractivity contribution in [3.05, 3.63) is 58.3 Å². The molecule has 1 heterocycles. The number of carbonyl (C=O) groups excluding carboxylic acids is 1. The average molecular weight is 349 g/mol. The van der Waals surface area contributed by atoms with E-state index in [9.17, 15) is 4.79 Å². The fourth-order valence-electron chi connectivity index (χ4n) is 1.75. The van der Waals surface area contributed by atoms with Crippen LogP contribution in [0.3, 0.4) is 0 Å². The second kappa shape index (κ2) is 6.36. The van der Waals surface area contributed by atoms with E-state index < -0.39 is 0 Å². The highest BCUT2D eigenvalue weighted by atomic mass is 79.9. The second-order valence-corrected chi connectivity index (χ2v) is 5.20. The summed E-state index contributed by atoms with van der Waals surface area (Å²) < 4.78 is 0.740. The number of amidine groups is 1. The van der Waals surface area contributed by atoms with E-state index in [1.54, 1.807) is 43.6 Å². The van der Waals surface area contributed by atoms with Gasteiger partial charge in [0.1, 0.15) is 0 Å². The number of amides is 1. The smallest absolute Gasteiger partial charge is 0.259 e. The molecule has 0 aliphatic rings. The number of rotatable bonds is 3. The van der Waals surface area contributed by atoms with Gasteiger partial charge < -0.3 is 15.8 Å². The summed E-state index contributed by atoms with van der Waals surface area (Å²) in [4.78, 5) is 17.8. The van der Waals surface area contributed by atoms with Crippen LogP contribution in [0, 0.1) is 0 Å². The summed E-state index contributed by atoms with van der Waals surface area (Å²) in [6, 6.07) is 8.49. The van der Waals surface area contributed by atoms with E-state index in [1.165, 1.54) is 11.1 Å². The largest absolute Gasteiger partial charge is 0.409 e. The number of hydrogen-bond acceptors (Lipinski definition) is 4. The summed E-state index contributed by atoms with van der Waals surface area (Å²) in [5.41, 5.74) is 7.24. The van der Waals surface area contributed by atoms with Crippen LogP contribution in [-0.4, -0.2) is 29.0 Å². The van der Waals surface area contributed by atoms with Gasteiger partial charge in [0.25, 0.3) is 5.91 Å². The lowest BCUT2D eigenvalue weighted by molar-refractivity contribution is 0.0992. The monoisotopic (exact) mass is 348 g/mol. The van der Waals surface area contributed by atoms with Crippen LogP contribution in [0.4, 0.5) is 5.69 Å². The molecule has 0 radical (unpaired) electrons. The third-order valence-corrected chi connectivity index (χ3v) is 3.35. The molecule has 108 valence electrons. The van der Waals surface area contributed by atoms with Gasteiger partial charge in [0.2, 0.25) is 0 Å². The van der Waals surface area contributed by atoms with Crippen LogP contribution in [0.15, 0.2) is 52.4 Å². The lowest BCUT2D eigenvalue weighted by Crippen LogP contribution is -2.26. The highest BCUT2D eigenvalue weighted by Crippen LogP contribution is 2.18. The molecule has 2 rings (SSSR count). The third-order valence-electron chi connectivity index (χ3n) is 2.91. The Hall–Kier alpha value is -2.41. The van der Waals surface area contributed by atoms with Gasteiger partial charge in [-0.2, -0.15) is 0 Å². The first-order valence-electron chi connectivity index (χ1n) is 5.99. The summed E-state index contributed by atoms with van der Waals surface area (Å²) >= 11 is 3.29. The first-order chi connectivity index (χ1) is 10.0. The minimum atomic E-state index is -0.180. The molecule has 6 nitrogen and oxygen atoms in total. The Bertz CT molecular complexity index is 686. The first kappa shape index (κ1) is 15.0. The number of aromatic nitrogens is 1. The maximum absolute atomic E-state index is 12.3. The fraction of sp³-hybridized carbons (Fsp3) is 0.0714. The number of halogens is 1. The lowest BCUT2D eigenvalue weighted by Gasteiger charge is -2.17. The molecule has 7 heteroatoms. The number of nitrogens with two attached hydrogens (primary N) is 1. The molecule has 21 heavy (non-hydrogen) atoms. The molecule has 1 aromatic carbocycles. The third kappa shape index (κ3) is 3.38. The zero-order valence-electron chi connectivity index (χ0n) is 11.2. The van der Waals surface area contributed by atoms with Crippen molar-refractivity contribution in [1.29, 1.82) is 0 Å². The van der Waals surface area contributed by atoms with Crippen LogP contribution < -0.4 is 10.6 Å². The highest BCUT2D eigenvalue weighted by Gasteiger charge is 2.14. The quantitative estimate of drug-likeness (QED) is 0.385. The molecule has 0 atom stereocenters. The molecular formula is C14H13BrN4O2. The topological polar surface area (TPSA) is 91.8 Å². The van der Waals surface area contributed by atoms with Crippen LogP contribution in [-0.2, 0) is 0 Å². The molecule has 3 N–H and O–H groups in total. The molecule has 0 aliphatic carbocycles. The van der Waals surface area contributed by atoms with Crippen molar-refractivity contribution in [3.8, 4) is 0 Å².